The van der Waals surface area contributed by atoms with Crippen molar-refractivity contribution in [2.75, 3.05) is 10.6 Å². The lowest BCUT2D eigenvalue weighted by atomic mass is 10.1. The standard InChI is InChI=1S/C21H20N4O2S/c1-13-9-14(2)11-16(10-13)25-20(27)18-5-4-8-22-21(18)28-17-6-7-19(23-12-17)24-15(3)26/h4-12H,1-3H3,(H,25,27)(H,23,24,26). The predicted octanol–water partition coefficient (Wildman–Crippen LogP) is 4.46. The summed E-state index contributed by atoms with van der Waals surface area (Å²) in [6, 6.07) is 12.9. The van der Waals surface area contributed by atoms with Gasteiger partial charge in [-0.15, -0.1) is 0 Å². The Bertz CT molecular complexity index is 999. The Morgan fingerprint density at radius 1 is 0.964 bits per heavy atom. The molecule has 2 heterocycles. The van der Waals surface area contributed by atoms with Gasteiger partial charge in [-0.05, 0) is 61.4 Å². The molecule has 3 aromatic rings. The van der Waals surface area contributed by atoms with Crippen LogP contribution in [0.25, 0.3) is 0 Å². The van der Waals surface area contributed by atoms with Gasteiger partial charge in [-0.3, -0.25) is 9.59 Å². The molecule has 0 saturated heterocycles. The van der Waals surface area contributed by atoms with E-state index in [0.29, 0.717) is 16.4 Å². The summed E-state index contributed by atoms with van der Waals surface area (Å²) in [7, 11) is 0. The van der Waals surface area contributed by atoms with Crippen LogP contribution in [0.2, 0.25) is 0 Å². The third kappa shape index (κ3) is 5.17. The minimum Gasteiger partial charge on any atom is -0.322 e. The van der Waals surface area contributed by atoms with Gasteiger partial charge in [0.25, 0.3) is 5.91 Å². The van der Waals surface area contributed by atoms with Crippen molar-refractivity contribution in [2.45, 2.75) is 30.7 Å². The summed E-state index contributed by atoms with van der Waals surface area (Å²) in [5.41, 5.74) is 3.41. The van der Waals surface area contributed by atoms with E-state index in [9.17, 15) is 9.59 Å². The molecule has 0 aliphatic carbocycles. The maximum atomic E-state index is 12.8. The number of nitrogens with zero attached hydrogens (tertiary/aromatic N) is 2. The zero-order valence-corrected chi connectivity index (χ0v) is 16.6. The van der Waals surface area contributed by atoms with Crippen LogP contribution in [0.3, 0.4) is 0 Å². The lowest BCUT2D eigenvalue weighted by Crippen LogP contribution is -2.13. The summed E-state index contributed by atoms with van der Waals surface area (Å²) in [6.45, 7) is 5.41. The Labute approximate surface area is 167 Å². The van der Waals surface area contributed by atoms with Gasteiger partial charge in [0.15, 0.2) is 0 Å². The highest BCUT2D eigenvalue weighted by molar-refractivity contribution is 7.99. The topological polar surface area (TPSA) is 84.0 Å². The second-order valence-electron chi connectivity index (χ2n) is 6.35. The van der Waals surface area contributed by atoms with Crippen LogP contribution in [-0.4, -0.2) is 21.8 Å². The van der Waals surface area contributed by atoms with E-state index < -0.39 is 0 Å². The van der Waals surface area contributed by atoms with Gasteiger partial charge in [-0.1, -0.05) is 17.8 Å². The molecular weight excluding hydrogens is 372 g/mol. The molecule has 6 nitrogen and oxygen atoms in total. The summed E-state index contributed by atoms with van der Waals surface area (Å²) < 4.78 is 0. The molecule has 142 valence electrons. The second kappa shape index (κ2) is 8.67. The van der Waals surface area contributed by atoms with Crippen LogP contribution < -0.4 is 10.6 Å². The number of carbonyl (C=O) groups is 2. The number of carbonyl (C=O) groups excluding carboxylic acids is 2. The second-order valence-corrected chi connectivity index (χ2v) is 7.41. The quantitative estimate of drug-likeness (QED) is 0.670. The van der Waals surface area contributed by atoms with Crippen LogP contribution >= 0.6 is 11.8 Å². The summed E-state index contributed by atoms with van der Waals surface area (Å²) in [5.74, 6) is 0.0806. The molecule has 0 unspecified atom stereocenters. The smallest absolute Gasteiger partial charge is 0.258 e. The summed E-state index contributed by atoms with van der Waals surface area (Å²) in [5, 5.41) is 6.15. The number of amides is 2. The number of rotatable bonds is 5. The molecule has 7 heteroatoms. The van der Waals surface area contributed by atoms with Gasteiger partial charge in [0.1, 0.15) is 10.8 Å². The average molecular weight is 392 g/mol. The van der Waals surface area contributed by atoms with Gasteiger partial charge in [-0.2, -0.15) is 0 Å². The van der Waals surface area contributed by atoms with Crippen molar-refractivity contribution in [2.24, 2.45) is 0 Å². The van der Waals surface area contributed by atoms with Gasteiger partial charge in [0, 0.05) is 29.9 Å². The van der Waals surface area contributed by atoms with Gasteiger partial charge < -0.3 is 10.6 Å². The monoisotopic (exact) mass is 392 g/mol. The molecule has 0 atom stereocenters. The van der Waals surface area contributed by atoms with Gasteiger partial charge in [-0.25, -0.2) is 9.97 Å². The largest absolute Gasteiger partial charge is 0.322 e. The zero-order valence-electron chi connectivity index (χ0n) is 15.8. The van der Waals surface area contributed by atoms with E-state index in [2.05, 4.69) is 26.7 Å². The third-order valence-corrected chi connectivity index (χ3v) is 4.75. The third-order valence-electron chi connectivity index (χ3n) is 3.75. The summed E-state index contributed by atoms with van der Waals surface area (Å²) >= 11 is 1.34. The number of aryl methyl sites for hydroxylation is 2. The van der Waals surface area contributed by atoms with Crippen LogP contribution in [0, 0.1) is 13.8 Å². The van der Waals surface area contributed by atoms with Crippen molar-refractivity contribution in [3.8, 4) is 0 Å². The Kier molecular flexibility index (Phi) is 6.06. The first kappa shape index (κ1) is 19.6. The first-order chi connectivity index (χ1) is 13.4. The van der Waals surface area contributed by atoms with E-state index in [1.54, 1.807) is 30.6 Å². The number of anilines is 2. The summed E-state index contributed by atoms with van der Waals surface area (Å²) in [6.07, 6.45) is 3.28. The van der Waals surface area contributed by atoms with Crippen molar-refractivity contribution < 1.29 is 9.59 Å². The molecule has 0 spiro atoms. The Morgan fingerprint density at radius 2 is 1.71 bits per heavy atom. The van der Waals surface area contributed by atoms with Crippen LogP contribution in [0.5, 0.6) is 0 Å². The van der Waals surface area contributed by atoms with Crippen LogP contribution in [0.1, 0.15) is 28.4 Å². The molecule has 1 aromatic carbocycles. The van der Waals surface area contributed by atoms with Crippen molar-refractivity contribution in [3.63, 3.8) is 0 Å². The van der Waals surface area contributed by atoms with Crippen molar-refractivity contribution in [1.29, 1.82) is 0 Å². The molecule has 0 aliphatic heterocycles. The van der Waals surface area contributed by atoms with Crippen molar-refractivity contribution >= 4 is 35.1 Å². The van der Waals surface area contributed by atoms with Crippen LogP contribution in [0.4, 0.5) is 11.5 Å². The Morgan fingerprint density at radius 3 is 2.36 bits per heavy atom. The van der Waals surface area contributed by atoms with Gasteiger partial charge in [0.2, 0.25) is 5.91 Å². The molecule has 3 rings (SSSR count). The lowest BCUT2D eigenvalue weighted by molar-refractivity contribution is -0.114. The number of aromatic nitrogens is 2. The van der Waals surface area contributed by atoms with E-state index in [-0.39, 0.29) is 11.8 Å². The summed E-state index contributed by atoms with van der Waals surface area (Å²) in [4.78, 5) is 33.2. The molecular formula is C21H20N4O2S. The molecule has 28 heavy (non-hydrogen) atoms. The van der Waals surface area contributed by atoms with E-state index >= 15 is 0 Å². The zero-order chi connectivity index (χ0) is 20.1. The highest BCUT2D eigenvalue weighted by Crippen LogP contribution is 2.29. The van der Waals surface area contributed by atoms with Crippen molar-refractivity contribution in [3.05, 3.63) is 71.5 Å². The number of nitrogens with one attached hydrogen (secondary N) is 2. The molecule has 0 bridgehead atoms. The Hall–Kier alpha value is -3.19. The van der Waals surface area contributed by atoms with Crippen LogP contribution in [0.15, 0.2) is 64.8 Å². The predicted molar refractivity (Wildman–Crippen MR) is 111 cm³/mol. The number of hydrogen-bond acceptors (Lipinski definition) is 5. The van der Waals surface area contributed by atoms with E-state index in [1.807, 2.05) is 32.0 Å². The maximum Gasteiger partial charge on any atom is 0.258 e. The number of pyridine rings is 2. The molecule has 0 aliphatic rings. The number of hydrogen-bond donors (Lipinski definition) is 2. The molecule has 2 N–H and O–H groups in total. The van der Waals surface area contributed by atoms with Gasteiger partial charge >= 0.3 is 0 Å². The van der Waals surface area contributed by atoms with E-state index in [1.165, 1.54) is 18.7 Å². The maximum absolute atomic E-state index is 12.8. The first-order valence-electron chi connectivity index (χ1n) is 8.67. The fraction of sp³-hybridized carbons (Fsp3) is 0.143. The lowest BCUT2D eigenvalue weighted by Gasteiger charge is -2.10. The molecule has 0 radical (unpaired) electrons. The minimum atomic E-state index is -0.219. The fourth-order valence-corrected chi connectivity index (χ4v) is 3.55. The van der Waals surface area contributed by atoms with E-state index in [4.69, 9.17) is 0 Å². The molecule has 0 saturated carbocycles. The molecule has 0 fully saturated rings. The minimum absolute atomic E-state index is 0.178. The van der Waals surface area contributed by atoms with E-state index in [0.717, 1.165) is 21.7 Å². The van der Waals surface area contributed by atoms with Crippen LogP contribution in [-0.2, 0) is 4.79 Å². The number of benzene rings is 1. The fourth-order valence-electron chi connectivity index (χ4n) is 2.70. The highest BCUT2D eigenvalue weighted by Gasteiger charge is 2.14. The first-order valence-corrected chi connectivity index (χ1v) is 9.48. The Balaban J connectivity index is 1.78. The normalized spacial score (nSPS) is 10.4. The van der Waals surface area contributed by atoms with Crippen molar-refractivity contribution in [1.82, 2.24) is 9.97 Å². The highest BCUT2D eigenvalue weighted by atomic mass is 32.2. The molecule has 2 amide bonds. The molecule has 2 aromatic heterocycles. The SMILES string of the molecule is CC(=O)Nc1ccc(Sc2ncccc2C(=O)Nc2cc(C)cc(C)c2)cn1. The van der Waals surface area contributed by atoms with Gasteiger partial charge in [0.05, 0.1) is 5.56 Å². The average Bonchev–Trinajstić information content (AvgIpc) is 2.62.